The smallest absolute Gasteiger partial charge is 0.410 e. The Kier molecular flexibility index (Phi) is 5.82. The first-order chi connectivity index (χ1) is 20.1. The fourth-order valence-electron chi connectivity index (χ4n) is 6.67. The Bertz CT molecular complexity index is 1830. The molecule has 4 aromatic rings. The molecule has 0 aliphatic carbocycles. The van der Waals surface area contributed by atoms with Crippen molar-refractivity contribution in [1.29, 1.82) is 5.26 Å². The van der Waals surface area contributed by atoms with Crippen LogP contribution in [-0.2, 0) is 22.7 Å². The van der Waals surface area contributed by atoms with E-state index < -0.39 is 17.2 Å². The van der Waals surface area contributed by atoms with Crippen molar-refractivity contribution in [1.82, 2.24) is 14.9 Å². The average Bonchev–Trinajstić information content (AvgIpc) is 3.61. The summed E-state index contributed by atoms with van der Waals surface area (Å²) in [4.78, 5) is 25.7. The second-order valence-corrected chi connectivity index (χ2v) is 12.0. The number of furan rings is 1. The maximum absolute atomic E-state index is 16.7. The lowest BCUT2D eigenvalue weighted by molar-refractivity contribution is 0.0209. The van der Waals surface area contributed by atoms with E-state index in [1.54, 1.807) is 4.90 Å². The van der Waals surface area contributed by atoms with Gasteiger partial charge in [-0.05, 0) is 56.9 Å². The zero-order chi connectivity index (χ0) is 29.5. The van der Waals surface area contributed by atoms with Crippen molar-refractivity contribution in [2.45, 2.75) is 64.5 Å². The van der Waals surface area contributed by atoms with Gasteiger partial charge < -0.3 is 29.4 Å². The molecule has 216 valence electrons. The third-order valence-electron chi connectivity index (χ3n) is 8.29. The fourth-order valence-corrected chi connectivity index (χ4v) is 6.67. The minimum absolute atomic E-state index is 0.0274. The van der Waals surface area contributed by atoms with Crippen molar-refractivity contribution in [3.05, 3.63) is 46.8 Å². The number of benzene rings is 2. The van der Waals surface area contributed by atoms with Gasteiger partial charge in [0.25, 0.3) is 0 Å². The lowest BCUT2D eigenvalue weighted by atomic mass is 9.90. The number of amides is 1. The number of rotatable bonds is 2. The van der Waals surface area contributed by atoms with Gasteiger partial charge in [-0.3, -0.25) is 0 Å². The third-order valence-corrected chi connectivity index (χ3v) is 8.29. The van der Waals surface area contributed by atoms with Crippen LogP contribution in [0.1, 0.15) is 50.3 Å². The maximum Gasteiger partial charge on any atom is 0.410 e. The number of halogens is 2. The van der Waals surface area contributed by atoms with Gasteiger partial charge in [0.2, 0.25) is 5.88 Å². The molecule has 10 nitrogen and oxygen atoms in total. The normalized spacial score (nSPS) is 19.9. The molecule has 2 bridgehead atoms. The van der Waals surface area contributed by atoms with Crippen molar-refractivity contribution >= 4 is 39.7 Å². The molecular formula is C30H28F2N6O4. The molecule has 2 unspecified atom stereocenters. The van der Waals surface area contributed by atoms with Crippen molar-refractivity contribution in [2.24, 2.45) is 0 Å². The number of aromatic nitrogens is 2. The molecule has 0 spiro atoms. The first kappa shape index (κ1) is 26.4. The van der Waals surface area contributed by atoms with E-state index in [9.17, 15) is 10.1 Å². The highest BCUT2D eigenvalue weighted by atomic mass is 19.1. The second-order valence-electron chi connectivity index (χ2n) is 12.0. The summed E-state index contributed by atoms with van der Waals surface area (Å²) in [5.74, 6) is -1.07. The van der Waals surface area contributed by atoms with Crippen LogP contribution in [0.3, 0.4) is 0 Å². The second kappa shape index (κ2) is 9.25. The predicted octanol–water partition coefficient (Wildman–Crippen LogP) is 5.39. The maximum atomic E-state index is 16.7. The lowest BCUT2D eigenvalue weighted by Crippen LogP contribution is -2.56. The average molecular weight is 575 g/mol. The summed E-state index contributed by atoms with van der Waals surface area (Å²) in [7, 11) is 0. The third kappa shape index (κ3) is 3.87. The summed E-state index contributed by atoms with van der Waals surface area (Å²) >= 11 is 0. The standard InChI is InChI=1S/C30H28F2N6O4/c1-30(2,3)42-29(39)37-9-14-4-5-15(10-37)38(14)28-23-18-12-40-11-17(18)22(25(32)26(23)35-13-36-28)24-19(31)6-7-20-21(24)16(8-33)27(34)41-20/h6-7,13-15H,4-5,9-12,34H2,1-3H3. The topological polar surface area (TPSA) is 131 Å². The zero-order valence-electron chi connectivity index (χ0n) is 23.3. The Balaban J connectivity index is 1.39. The van der Waals surface area contributed by atoms with Crippen LogP contribution in [0.15, 0.2) is 22.9 Å². The van der Waals surface area contributed by atoms with E-state index >= 15 is 8.78 Å². The Morgan fingerprint density at radius 3 is 2.50 bits per heavy atom. The summed E-state index contributed by atoms with van der Waals surface area (Å²) in [6.07, 6.45) is 2.62. The summed E-state index contributed by atoms with van der Waals surface area (Å²) in [5, 5.41) is 10.4. The van der Waals surface area contributed by atoms with Gasteiger partial charge in [-0.15, -0.1) is 0 Å². The number of ether oxygens (including phenoxy) is 2. The number of fused-ring (bicyclic) bond motifs is 6. The quantitative estimate of drug-likeness (QED) is 0.335. The van der Waals surface area contributed by atoms with E-state index in [2.05, 4.69) is 14.9 Å². The van der Waals surface area contributed by atoms with E-state index in [1.165, 1.54) is 18.5 Å². The number of anilines is 2. The van der Waals surface area contributed by atoms with Gasteiger partial charge in [0.1, 0.15) is 46.3 Å². The Hall–Kier alpha value is -4.50. The van der Waals surface area contributed by atoms with Gasteiger partial charge in [-0.25, -0.2) is 23.5 Å². The minimum atomic E-state index is -0.743. The Morgan fingerprint density at radius 1 is 1.10 bits per heavy atom. The molecule has 5 heterocycles. The number of nitrogens with zero attached hydrogens (tertiary/aromatic N) is 5. The number of carbonyl (C=O) groups excluding carboxylic acids is 1. The van der Waals surface area contributed by atoms with Gasteiger partial charge in [-0.1, -0.05) is 0 Å². The molecule has 0 saturated carbocycles. The summed E-state index contributed by atoms with van der Waals surface area (Å²) in [6, 6.07) is 4.41. The molecule has 0 radical (unpaired) electrons. The molecule has 2 fully saturated rings. The number of nitriles is 1. The van der Waals surface area contributed by atoms with Crippen LogP contribution in [-0.4, -0.2) is 51.7 Å². The van der Waals surface area contributed by atoms with Gasteiger partial charge in [0, 0.05) is 36.3 Å². The summed E-state index contributed by atoms with van der Waals surface area (Å²) in [6.45, 7) is 6.60. The number of nitrogens with two attached hydrogens (primary N) is 1. The van der Waals surface area contributed by atoms with E-state index in [0.29, 0.717) is 35.4 Å². The van der Waals surface area contributed by atoms with Gasteiger partial charge in [0.05, 0.1) is 24.0 Å². The lowest BCUT2D eigenvalue weighted by Gasteiger charge is -2.42. The van der Waals surface area contributed by atoms with E-state index in [-0.39, 0.29) is 70.5 Å². The molecule has 2 saturated heterocycles. The first-order valence-electron chi connectivity index (χ1n) is 13.8. The zero-order valence-corrected chi connectivity index (χ0v) is 23.3. The molecule has 2 aromatic carbocycles. The summed E-state index contributed by atoms with van der Waals surface area (Å²) in [5.41, 5.74) is 6.43. The molecule has 3 aliphatic heterocycles. The molecule has 12 heteroatoms. The van der Waals surface area contributed by atoms with Crippen LogP contribution >= 0.6 is 0 Å². The highest BCUT2D eigenvalue weighted by Crippen LogP contribution is 2.47. The van der Waals surface area contributed by atoms with Crippen LogP contribution < -0.4 is 10.6 Å². The van der Waals surface area contributed by atoms with E-state index in [4.69, 9.17) is 19.6 Å². The fraction of sp³-hybridized carbons (Fsp3) is 0.400. The number of nitrogen functional groups attached to an aromatic ring is 1. The van der Waals surface area contributed by atoms with Crippen LogP contribution in [0, 0.1) is 23.0 Å². The molecule has 2 atom stereocenters. The van der Waals surface area contributed by atoms with Gasteiger partial charge >= 0.3 is 6.09 Å². The van der Waals surface area contributed by atoms with Crippen LogP contribution in [0.25, 0.3) is 33.0 Å². The largest absolute Gasteiger partial charge is 0.444 e. The SMILES string of the molecule is CC(C)(C)OC(=O)N1CC2CCC(C1)N2c1ncnc2c(F)c(-c3c(F)ccc4oc(N)c(C#N)c34)c3c(c12)COC3. The molecule has 2 N–H and O–H groups in total. The highest BCUT2D eigenvalue weighted by Gasteiger charge is 2.44. The number of hydrogen-bond acceptors (Lipinski definition) is 9. The van der Waals surface area contributed by atoms with E-state index in [0.717, 1.165) is 12.8 Å². The Morgan fingerprint density at radius 2 is 1.81 bits per heavy atom. The summed E-state index contributed by atoms with van der Waals surface area (Å²) < 4.78 is 49.2. The predicted molar refractivity (Wildman–Crippen MR) is 149 cm³/mol. The van der Waals surface area contributed by atoms with Crippen LogP contribution in [0.4, 0.5) is 25.3 Å². The molecule has 1 amide bonds. The highest BCUT2D eigenvalue weighted by molar-refractivity contribution is 6.05. The van der Waals surface area contributed by atoms with Crippen molar-refractivity contribution in [3.8, 4) is 17.2 Å². The van der Waals surface area contributed by atoms with Gasteiger partial charge in [-0.2, -0.15) is 5.26 Å². The monoisotopic (exact) mass is 574 g/mol. The number of piperazine rings is 1. The number of likely N-dealkylation sites (tertiary alicyclic amines) is 1. The molecule has 42 heavy (non-hydrogen) atoms. The van der Waals surface area contributed by atoms with Crippen molar-refractivity contribution in [2.75, 3.05) is 23.7 Å². The first-order valence-corrected chi connectivity index (χ1v) is 13.8. The molecule has 7 rings (SSSR count). The number of carbonyl (C=O) groups is 1. The number of hydrogen-bond donors (Lipinski definition) is 1. The molecule has 3 aliphatic rings. The molecule has 2 aromatic heterocycles. The van der Waals surface area contributed by atoms with Crippen LogP contribution in [0.5, 0.6) is 0 Å². The Labute approximate surface area is 239 Å². The molecular weight excluding hydrogens is 546 g/mol. The van der Waals surface area contributed by atoms with Crippen molar-refractivity contribution < 1.29 is 27.5 Å². The minimum Gasteiger partial charge on any atom is -0.444 e. The van der Waals surface area contributed by atoms with Crippen LogP contribution in [0.2, 0.25) is 0 Å². The van der Waals surface area contributed by atoms with Gasteiger partial charge in [0.15, 0.2) is 5.82 Å². The van der Waals surface area contributed by atoms with Crippen molar-refractivity contribution in [3.63, 3.8) is 0 Å². The van der Waals surface area contributed by atoms with E-state index in [1.807, 2.05) is 26.8 Å².